The maximum absolute atomic E-state index is 13.1. The zero-order chi connectivity index (χ0) is 24.5. The van der Waals surface area contributed by atoms with Crippen molar-refractivity contribution in [2.45, 2.75) is 6.92 Å². The number of aromatic nitrogens is 2. The summed E-state index contributed by atoms with van der Waals surface area (Å²) in [5.41, 5.74) is 5.31. The fourth-order valence-corrected chi connectivity index (χ4v) is 5.34. The number of carbonyl (C=O) groups is 2. The molecule has 12 heteroatoms. The van der Waals surface area contributed by atoms with E-state index >= 15 is 0 Å². The second-order valence-corrected chi connectivity index (χ2v) is 10.8. The molecule has 1 N–H and O–H groups in total. The van der Waals surface area contributed by atoms with E-state index in [0.29, 0.717) is 44.8 Å². The third-order valence-electron chi connectivity index (χ3n) is 5.39. The van der Waals surface area contributed by atoms with Gasteiger partial charge >= 0.3 is 0 Å². The van der Waals surface area contributed by atoms with Crippen LogP contribution in [-0.2, 0) is 14.6 Å². The lowest BCUT2D eigenvalue weighted by atomic mass is 10.1. The summed E-state index contributed by atoms with van der Waals surface area (Å²) in [5, 5.41) is 6.91. The number of nitrogens with one attached hydrogen (secondary N) is 1. The number of rotatable bonds is 6. The monoisotopic (exact) mass is 522 g/mol. The highest BCUT2D eigenvalue weighted by molar-refractivity contribution is 7.91. The molecule has 0 saturated carbocycles. The summed E-state index contributed by atoms with van der Waals surface area (Å²) in [5.74, 6) is -0.156. The molecule has 0 spiro atoms. The van der Waals surface area contributed by atoms with E-state index in [-0.39, 0.29) is 30.3 Å². The van der Waals surface area contributed by atoms with Crippen molar-refractivity contribution < 1.29 is 22.7 Å². The molecule has 2 heterocycles. The SMILES string of the molecule is Cc1c(C(=O)NN2CCS(=O)(=O)CC2)nn(-c2ccc(Cl)cc2Cl)c1-c1ccc(OC=O)cc1. The second-order valence-electron chi connectivity index (χ2n) is 7.65. The number of carbonyl (C=O) groups excluding carboxylic acids is 2. The van der Waals surface area contributed by atoms with Gasteiger partial charge in [-0.3, -0.25) is 15.0 Å². The molecule has 0 unspecified atom stereocenters. The average Bonchev–Trinajstić information content (AvgIpc) is 3.13. The Morgan fingerprint density at radius 1 is 1.12 bits per heavy atom. The number of amides is 1. The number of nitrogens with zero attached hydrogens (tertiary/aromatic N) is 3. The van der Waals surface area contributed by atoms with Crippen molar-refractivity contribution in [2.24, 2.45) is 0 Å². The maximum atomic E-state index is 13.1. The number of ether oxygens (including phenoxy) is 1. The van der Waals surface area contributed by atoms with Gasteiger partial charge in [0.1, 0.15) is 5.75 Å². The Balaban J connectivity index is 1.75. The van der Waals surface area contributed by atoms with E-state index in [9.17, 15) is 18.0 Å². The molecule has 1 aliphatic rings. The summed E-state index contributed by atoms with van der Waals surface area (Å²) in [7, 11) is -3.09. The third kappa shape index (κ3) is 5.10. The molecule has 0 atom stereocenters. The molecule has 9 nitrogen and oxygen atoms in total. The van der Waals surface area contributed by atoms with Gasteiger partial charge < -0.3 is 4.74 Å². The lowest BCUT2D eigenvalue weighted by molar-refractivity contribution is -0.120. The highest BCUT2D eigenvalue weighted by atomic mass is 35.5. The van der Waals surface area contributed by atoms with Crippen LogP contribution in [0.1, 0.15) is 16.1 Å². The summed E-state index contributed by atoms with van der Waals surface area (Å²) in [4.78, 5) is 23.7. The smallest absolute Gasteiger partial charge is 0.298 e. The van der Waals surface area contributed by atoms with E-state index in [2.05, 4.69) is 10.5 Å². The maximum Gasteiger partial charge on any atom is 0.298 e. The van der Waals surface area contributed by atoms with Crippen LogP contribution >= 0.6 is 23.2 Å². The van der Waals surface area contributed by atoms with Crippen LogP contribution in [0.3, 0.4) is 0 Å². The van der Waals surface area contributed by atoms with Crippen molar-refractivity contribution in [3.8, 4) is 22.7 Å². The Labute approximate surface area is 206 Å². The highest BCUT2D eigenvalue weighted by Gasteiger charge is 2.27. The molecule has 0 radical (unpaired) electrons. The first kappa shape index (κ1) is 24.2. The normalized spacial score (nSPS) is 15.6. The first-order chi connectivity index (χ1) is 16.2. The Bertz CT molecular complexity index is 1340. The number of hydrogen-bond acceptors (Lipinski definition) is 7. The summed E-state index contributed by atoms with van der Waals surface area (Å²) in [6, 6.07) is 11.7. The van der Waals surface area contributed by atoms with Crippen molar-refractivity contribution in [1.82, 2.24) is 20.2 Å². The van der Waals surface area contributed by atoms with Gasteiger partial charge in [-0.2, -0.15) is 5.10 Å². The van der Waals surface area contributed by atoms with Gasteiger partial charge in [-0.25, -0.2) is 18.1 Å². The van der Waals surface area contributed by atoms with Gasteiger partial charge in [0, 0.05) is 29.2 Å². The number of sulfone groups is 1. The first-order valence-electron chi connectivity index (χ1n) is 10.2. The van der Waals surface area contributed by atoms with Crippen LogP contribution < -0.4 is 10.2 Å². The Morgan fingerprint density at radius 2 is 1.79 bits per heavy atom. The van der Waals surface area contributed by atoms with Crippen molar-refractivity contribution in [3.63, 3.8) is 0 Å². The summed E-state index contributed by atoms with van der Waals surface area (Å²) in [6.07, 6.45) is 0. The lowest BCUT2D eigenvalue weighted by Gasteiger charge is -2.26. The van der Waals surface area contributed by atoms with Crippen molar-refractivity contribution in [2.75, 3.05) is 24.6 Å². The Kier molecular flexibility index (Phi) is 6.94. The Morgan fingerprint density at radius 3 is 2.41 bits per heavy atom. The largest absolute Gasteiger partial charge is 0.429 e. The van der Waals surface area contributed by atoms with Crippen molar-refractivity contribution in [3.05, 3.63) is 63.8 Å². The fraction of sp³-hybridized carbons (Fsp3) is 0.227. The summed E-state index contributed by atoms with van der Waals surface area (Å²) in [6.45, 7) is 2.49. The molecule has 1 amide bonds. The molecule has 1 saturated heterocycles. The van der Waals surface area contributed by atoms with Crippen LogP contribution in [0.4, 0.5) is 0 Å². The predicted octanol–water partition coefficient (Wildman–Crippen LogP) is 3.06. The van der Waals surface area contributed by atoms with E-state index in [1.807, 2.05) is 0 Å². The van der Waals surface area contributed by atoms with Crippen LogP contribution in [0.25, 0.3) is 16.9 Å². The van der Waals surface area contributed by atoms with Gasteiger partial charge in [-0.1, -0.05) is 23.2 Å². The van der Waals surface area contributed by atoms with E-state index in [0.717, 1.165) is 0 Å². The quantitative estimate of drug-likeness (QED) is 0.495. The molecule has 2 aromatic carbocycles. The molecular weight excluding hydrogens is 503 g/mol. The average molecular weight is 523 g/mol. The van der Waals surface area contributed by atoms with Gasteiger partial charge in [-0.15, -0.1) is 0 Å². The van der Waals surface area contributed by atoms with Gasteiger partial charge in [-0.05, 0) is 49.4 Å². The Hall–Kier alpha value is -2.92. The molecule has 0 bridgehead atoms. The number of halogens is 2. The number of hydrogen-bond donors (Lipinski definition) is 1. The number of benzene rings is 2. The molecule has 178 valence electrons. The molecule has 1 fully saturated rings. The molecule has 1 aromatic heterocycles. The highest BCUT2D eigenvalue weighted by Crippen LogP contribution is 2.33. The zero-order valence-electron chi connectivity index (χ0n) is 18.0. The third-order valence-corrected chi connectivity index (χ3v) is 7.54. The van der Waals surface area contributed by atoms with Crippen LogP contribution in [0.2, 0.25) is 10.0 Å². The lowest BCUT2D eigenvalue weighted by Crippen LogP contribution is -2.50. The number of hydrazine groups is 1. The first-order valence-corrected chi connectivity index (χ1v) is 12.8. The van der Waals surface area contributed by atoms with Crippen LogP contribution in [-0.4, -0.2) is 60.2 Å². The minimum atomic E-state index is -3.09. The van der Waals surface area contributed by atoms with E-state index in [4.69, 9.17) is 27.9 Å². The minimum absolute atomic E-state index is 0.0262. The molecule has 4 rings (SSSR count). The standard InChI is InChI=1S/C22H20Cl2N4O5S/c1-14-20(22(30)26-27-8-10-34(31,32)11-9-27)25-28(19-7-4-16(23)12-18(19)24)21(14)15-2-5-17(6-3-15)33-13-29/h2-7,12-13H,8-11H2,1H3,(H,26,30). The van der Waals surface area contributed by atoms with Crippen LogP contribution in [0, 0.1) is 6.92 Å². The van der Waals surface area contributed by atoms with Crippen LogP contribution in [0.5, 0.6) is 5.75 Å². The molecule has 1 aliphatic heterocycles. The topological polar surface area (TPSA) is 111 Å². The fourth-order valence-electron chi connectivity index (χ4n) is 3.65. The van der Waals surface area contributed by atoms with E-state index in [1.165, 1.54) is 0 Å². The summed E-state index contributed by atoms with van der Waals surface area (Å²) < 4.78 is 29.8. The second kappa shape index (κ2) is 9.75. The van der Waals surface area contributed by atoms with E-state index in [1.54, 1.807) is 59.1 Å². The zero-order valence-corrected chi connectivity index (χ0v) is 20.3. The van der Waals surface area contributed by atoms with Crippen LogP contribution in [0.15, 0.2) is 42.5 Å². The van der Waals surface area contributed by atoms with E-state index < -0.39 is 15.7 Å². The van der Waals surface area contributed by atoms with Gasteiger partial charge in [0.05, 0.1) is 27.9 Å². The molecular formula is C22H20Cl2N4O5S. The van der Waals surface area contributed by atoms with Gasteiger partial charge in [0.15, 0.2) is 15.5 Å². The van der Waals surface area contributed by atoms with Gasteiger partial charge in [0.25, 0.3) is 12.4 Å². The minimum Gasteiger partial charge on any atom is -0.429 e. The van der Waals surface area contributed by atoms with Crippen molar-refractivity contribution >= 4 is 45.4 Å². The summed E-state index contributed by atoms with van der Waals surface area (Å²) >= 11 is 12.5. The van der Waals surface area contributed by atoms with Crippen molar-refractivity contribution in [1.29, 1.82) is 0 Å². The molecule has 34 heavy (non-hydrogen) atoms. The predicted molar refractivity (Wildman–Crippen MR) is 128 cm³/mol. The molecule has 3 aromatic rings. The molecule has 0 aliphatic carbocycles. The van der Waals surface area contributed by atoms with Gasteiger partial charge in [0.2, 0.25) is 0 Å².